The average Bonchev–Trinajstić information content (AvgIpc) is 3.70. The smallest absolute Gasteiger partial charge is 0.355 e. The minimum absolute atomic E-state index is 0.106. The van der Waals surface area contributed by atoms with Crippen molar-refractivity contribution >= 4 is 22.8 Å². The second kappa shape index (κ2) is 9.15. The fraction of sp³-hybridized carbons (Fsp3) is 0.379. The first-order valence-corrected chi connectivity index (χ1v) is 13.7. The number of carbonyl (C=O) groups excluding carboxylic acids is 2. The highest BCUT2D eigenvalue weighted by Gasteiger charge is 2.50. The number of nitrogens with zero attached hydrogens (tertiary/aromatic N) is 5. The Hall–Kier alpha value is -4.74. The number of hydrogen-bond donors (Lipinski definition) is 0. The number of carbonyl (C=O) groups is 2. The van der Waals surface area contributed by atoms with Crippen LogP contribution in [0.4, 0.5) is 0 Å². The summed E-state index contributed by atoms with van der Waals surface area (Å²) in [6.07, 6.45) is 4.00. The molecule has 0 amide bonds. The van der Waals surface area contributed by atoms with E-state index >= 15 is 0 Å². The zero-order valence-electron chi connectivity index (χ0n) is 22.9. The van der Waals surface area contributed by atoms with Gasteiger partial charge in [0, 0.05) is 41.6 Å². The number of pyridine rings is 2. The van der Waals surface area contributed by atoms with E-state index in [4.69, 9.17) is 23.9 Å². The number of esters is 2. The topological polar surface area (TPSA) is 137 Å². The van der Waals surface area contributed by atoms with Gasteiger partial charge in [-0.05, 0) is 25.0 Å². The van der Waals surface area contributed by atoms with Crippen molar-refractivity contribution < 1.29 is 28.5 Å². The van der Waals surface area contributed by atoms with Crippen molar-refractivity contribution in [3.8, 4) is 34.1 Å². The summed E-state index contributed by atoms with van der Waals surface area (Å²) in [7, 11) is 0. The molecule has 1 atom stereocenters. The summed E-state index contributed by atoms with van der Waals surface area (Å²) in [6.45, 7) is 5.93. The molecule has 3 aliphatic heterocycles. The Morgan fingerprint density at radius 1 is 1.10 bits per heavy atom. The summed E-state index contributed by atoms with van der Waals surface area (Å²) in [5.74, 6) is -0.169. The maximum absolute atomic E-state index is 13.9. The molecule has 41 heavy (non-hydrogen) atoms. The van der Waals surface area contributed by atoms with E-state index in [0.29, 0.717) is 39.7 Å². The van der Waals surface area contributed by atoms with Crippen molar-refractivity contribution in [3.05, 3.63) is 51.4 Å². The van der Waals surface area contributed by atoms with Gasteiger partial charge in [-0.2, -0.15) is 0 Å². The molecule has 0 bridgehead atoms. The van der Waals surface area contributed by atoms with Crippen molar-refractivity contribution in [2.45, 2.75) is 65.3 Å². The molecule has 0 saturated heterocycles. The number of cyclic esters (lactones) is 1. The lowest BCUT2D eigenvalue weighted by molar-refractivity contribution is -0.188. The van der Waals surface area contributed by atoms with Gasteiger partial charge in [-0.1, -0.05) is 25.5 Å². The van der Waals surface area contributed by atoms with Gasteiger partial charge in [0.1, 0.15) is 12.3 Å². The van der Waals surface area contributed by atoms with E-state index in [0.717, 1.165) is 35.9 Å². The van der Waals surface area contributed by atoms with Crippen LogP contribution in [0.25, 0.3) is 33.5 Å². The highest BCUT2D eigenvalue weighted by atomic mass is 16.7. The molecule has 3 aromatic heterocycles. The van der Waals surface area contributed by atoms with Crippen LogP contribution in [0.15, 0.2) is 29.2 Å². The Kier molecular flexibility index (Phi) is 5.63. The van der Waals surface area contributed by atoms with E-state index in [2.05, 4.69) is 17.2 Å². The molecule has 0 saturated carbocycles. The number of ether oxygens (including phenoxy) is 4. The van der Waals surface area contributed by atoms with E-state index in [1.54, 1.807) is 17.6 Å². The number of hydrogen-bond acceptors (Lipinski definition) is 10. The van der Waals surface area contributed by atoms with Crippen molar-refractivity contribution in [2.24, 2.45) is 0 Å². The molecule has 0 spiro atoms. The quantitative estimate of drug-likeness (QED) is 0.286. The van der Waals surface area contributed by atoms with Crippen LogP contribution < -0.4 is 15.0 Å². The monoisotopic (exact) mass is 557 g/mol. The molecular formula is C29H27N5O7. The molecule has 0 unspecified atom stereocenters. The summed E-state index contributed by atoms with van der Waals surface area (Å²) in [6, 6.07) is 5.44. The lowest BCUT2D eigenvalue weighted by atomic mass is 9.85. The highest BCUT2D eigenvalue weighted by Crippen LogP contribution is 2.46. The number of benzene rings is 1. The van der Waals surface area contributed by atoms with Crippen LogP contribution in [-0.2, 0) is 44.4 Å². The molecule has 7 rings (SSSR count). The molecule has 12 heteroatoms. The SMILES string of the molecule is CCCCn1cc(-c2c3c(nc4cc5c(cc24)OCO5)-c2cc4c(c(=O)n2C3)COC(=O)[C@@]4(CC)OC(C)=O)nn1. The van der Waals surface area contributed by atoms with Gasteiger partial charge in [0.05, 0.1) is 35.2 Å². The Morgan fingerprint density at radius 2 is 1.90 bits per heavy atom. The number of unbranched alkanes of at least 4 members (excludes halogenated alkanes) is 1. The molecule has 210 valence electrons. The zero-order valence-corrected chi connectivity index (χ0v) is 22.9. The Balaban J connectivity index is 1.49. The van der Waals surface area contributed by atoms with Gasteiger partial charge in [0.15, 0.2) is 11.5 Å². The van der Waals surface area contributed by atoms with Crippen molar-refractivity contribution in [1.82, 2.24) is 24.5 Å². The van der Waals surface area contributed by atoms with Gasteiger partial charge in [-0.3, -0.25) is 14.3 Å². The molecular weight excluding hydrogens is 530 g/mol. The standard InChI is InChI=1S/C29H27N5O7/c1-4-6-7-33-12-21(31-32-33)25-16-8-23-24(40-14-39-23)10-20(16)30-26-17(25)11-34-22(26)9-19-18(27(34)36)13-38-28(37)29(19,5-2)41-15(3)35/h8-10,12H,4-7,11,13-14H2,1-3H3/t29-/m0/s1. The molecule has 3 aliphatic rings. The van der Waals surface area contributed by atoms with E-state index in [-0.39, 0.29) is 37.5 Å². The molecule has 1 aromatic carbocycles. The molecule has 0 radical (unpaired) electrons. The largest absolute Gasteiger partial charge is 0.457 e. The van der Waals surface area contributed by atoms with Gasteiger partial charge in [-0.25, -0.2) is 9.78 Å². The summed E-state index contributed by atoms with van der Waals surface area (Å²) < 4.78 is 25.7. The zero-order chi connectivity index (χ0) is 28.5. The van der Waals surface area contributed by atoms with Gasteiger partial charge >= 0.3 is 11.9 Å². The van der Waals surface area contributed by atoms with Gasteiger partial charge in [0.25, 0.3) is 5.56 Å². The summed E-state index contributed by atoms with van der Waals surface area (Å²) >= 11 is 0. The summed E-state index contributed by atoms with van der Waals surface area (Å²) in [5.41, 5.74) is 2.51. The third kappa shape index (κ3) is 3.66. The first-order valence-electron chi connectivity index (χ1n) is 13.7. The van der Waals surface area contributed by atoms with Crippen LogP contribution >= 0.6 is 0 Å². The summed E-state index contributed by atoms with van der Waals surface area (Å²) in [5, 5.41) is 9.65. The van der Waals surface area contributed by atoms with Crippen molar-refractivity contribution in [1.29, 1.82) is 0 Å². The Bertz CT molecular complexity index is 1840. The third-order valence-corrected chi connectivity index (χ3v) is 8.00. The molecule has 0 N–H and O–H groups in total. The van der Waals surface area contributed by atoms with E-state index in [1.807, 2.05) is 23.0 Å². The van der Waals surface area contributed by atoms with Gasteiger partial charge in [-0.15, -0.1) is 5.10 Å². The average molecular weight is 558 g/mol. The number of fused-ring (bicyclic) bond motifs is 6. The predicted molar refractivity (Wildman–Crippen MR) is 144 cm³/mol. The van der Waals surface area contributed by atoms with Crippen LogP contribution in [0.3, 0.4) is 0 Å². The lowest BCUT2D eigenvalue weighted by Gasteiger charge is -2.35. The van der Waals surface area contributed by atoms with E-state index in [9.17, 15) is 14.4 Å². The maximum Gasteiger partial charge on any atom is 0.355 e. The molecule has 12 nitrogen and oxygen atoms in total. The normalized spacial score (nSPS) is 18.2. The van der Waals surface area contributed by atoms with Crippen molar-refractivity contribution in [2.75, 3.05) is 6.79 Å². The fourth-order valence-corrected chi connectivity index (χ4v) is 6.01. The molecule has 4 aromatic rings. The number of aryl methyl sites for hydroxylation is 1. The fourth-order valence-electron chi connectivity index (χ4n) is 6.01. The molecule has 6 heterocycles. The first kappa shape index (κ1) is 25.2. The third-order valence-electron chi connectivity index (χ3n) is 8.00. The second-order valence-corrected chi connectivity index (χ2v) is 10.4. The minimum Gasteiger partial charge on any atom is -0.457 e. The van der Waals surface area contributed by atoms with Crippen LogP contribution in [-0.4, -0.2) is 43.3 Å². The van der Waals surface area contributed by atoms with E-state index < -0.39 is 17.5 Å². The first-order chi connectivity index (χ1) is 19.8. The maximum atomic E-state index is 13.9. The van der Waals surface area contributed by atoms with Crippen LogP contribution in [0.5, 0.6) is 11.5 Å². The Morgan fingerprint density at radius 3 is 2.66 bits per heavy atom. The highest BCUT2D eigenvalue weighted by molar-refractivity contribution is 6.00. The van der Waals surface area contributed by atoms with Gasteiger partial charge < -0.3 is 23.5 Å². The number of rotatable bonds is 6. The number of aromatic nitrogens is 5. The minimum atomic E-state index is -1.72. The second-order valence-electron chi connectivity index (χ2n) is 10.4. The van der Waals surface area contributed by atoms with E-state index in [1.165, 1.54) is 6.92 Å². The van der Waals surface area contributed by atoms with Gasteiger partial charge in [0.2, 0.25) is 12.4 Å². The summed E-state index contributed by atoms with van der Waals surface area (Å²) in [4.78, 5) is 44.0. The van der Waals surface area contributed by atoms with Crippen LogP contribution in [0.1, 0.15) is 56.7 Å². The molecule has 0 fully saturated rings. The Labute approximate surface area is 233 Å². The van der Waals surface area contributed by atoms with Crippen LogP contribution in [0.2, 0.25) is 0 Å². The predicted octanol–water partition coefficient (Wildman–Crippen LogP) is 3.44. The molecule has 0 aliphatic carbocycles. The lowest BCUT2D eigenvalue weighted by Crippen LogP contribution is -2.47. The van der Waals surface area contributed by atoms with Crippen LogP contribution in [0, 0.1) is 0 Å². The van der Waals surface area contributed by atoms with Crippen molar-refractivity contribution in [3.63, 3.8) is 0 Å².